The SMILES string of the molecule is CC(C)C(=O)OC[C@H]1O[C@@H](n2cc3c4c(ncnc42)NC(=O)C=C3N)C(C)(O)[C@@H]1O. The molecule has 4 atom stereocenters. The molecule has 160 valence electrons. The van der Waals surface area contributed by atoms with E-state index in [-0.39, 0.29) is 24.0 Å². The van der Waals surface area contributed by atoms with Gasteiger partial charge >= 0.3 is 5.97 Å². The van der Waals surface area contributed by atoms with Crippen LogP contribution in [0.1, 0.15) is 32.6 Å². The largest absolute Gasteiger partial charge is 0.463 e. The van der Waals surface area contributed by atoms with E-state index < -0.39 is 35.9 Å². The summed E-state index contributed by atoms with van der Waals surface area (Å²) in [5.41, 5.74) is 5.37. The maximum Gasteiger partial charge on any atom is 0.308 e. The van der Waals surface area contributed by atoms with E-state index >= 15 is 0 Å². The predicted octanol–water partition coefficient (Wildman–Crippen LogP) is -0.108. The van der Waals surface area contributed by atoms with Crippen molar-refractivity contribution in [3.8, 4) is 0 Å². The Morgan fingerprint density at radius 1 is 1.47 bits per heavy atom. The Hall–Kier alpha value is -3.02. The van der Waals surface area contributed by atoms with E-state index in [9.17, 15) is 19.8 Å². The summed E-state index contributed by atoms with van der Waals surface area (Å²) in [6.45, 7) is 4.60. The molecule has 2 aliphatic heterocycles. The molecule has 30 heavy (non-hydrogen) atoms. The van der Waals surface area contributed by atoms with Gasteiger partial charge in [0.2, 0.25) is 0 Å². The van der Waals surface area contributed by atoms with Gasteiger partial charge in [-0.1, -0.05) is 13.8 Å². The molecule has 0 saturated carbocycles. The minimum atomic E-state index is -1.73. The van der Waals surface area contributed by atoms with E-state index in [1.807, 2.05) is 0 Å². The van der Waals surface area contributed by atoms with Crippen molar-refractivity contribution < 1.29 is 29.3 Å². The highest BCUT2D eigenvalue weighted by molar-refractivity contribution is 6.13. The molecule has 0 aliphatic carbocycles. The number of rotatable bonds is 4. The van der Waals surface area contributed by atoms with E-state index in [0.29, 0.717) is 16.6 Å². The zero-order chi connectivity index (χ0) is 21.8. The number of nitrogens with two attached hydrogens (primary N) is 1. The van der Waals surface area contributed by atoms with Crippen molar-refractivity contribution in [2.45, 2.75) is 44.8 Å². The summed E-state index contributed by atoms with van der Waals surface area (Å²) in [7, 11) is 0. The molecule has 11 nitrogen and oxygen atoms in total. The highest BCUT2D eigenvalue weighted by Crippen LogP contribution is 2.42. The van der Waals surface area contributed by atoms with E-state index in [4.69, 9.17) is 15.2 Å². The number of hydrogen-bond donors (Lipinski definition) is 4. The van der Waals surface area contributed by atoms with Crippen molar-refractivity contribution in [2.75, 3.05) is 11.9 Å². The molecule has 4 heterocycles. The van der Waals surface area contributed by atoms with Gasteiger partial charge in [0.15, 0.2) is 6.23 Å². The van der Waals surface area contributed by atoms with Crippen LogP contribution in [0.25, 0.3) is 16.7 Å². The van der Waals surface area contributed by atoms with Gasteiger partial charge in [-0.2, -0.15) is 0 Å². The van der Waals surface area contributed by atoms with Crippen LogP contribution in [0.5, 0.6) is 0 Å². The van der Waals surface area contributed by atoms with Crippen LogP contribution in [0, 0.1) is 5.92 Å². The van der Waals surface area contributed by atoms with Crippen molar-refractivity contribution in [1.29, 1.82) is 0 Å². The summed E-state index contributed by atoms with van der Waals surface area (Å²) in [5.74, 6) is -0.907. The number of anilines is 1. The summed E-state index contributed by atoms with van der Waals surface area (Å²) < 4.78 is 12.6. The monoisotopic (exact) mass is 417 g/mol. The third-order valence-electron chi connectivity index (χ3n) is 5.32. The number of aliphatic hydroxyl groups is 2. The molecule has 4 rings (SSSR count). The Balaban J connectivity index is 1.73. The topological polar surface area (TPSA) is 162 Å². The molecule has 2 aromatic heterocycles. The first-order valence-corrected chi connectivity index (χ1v) is 9.47. The second-order valence-electron chi connectivity index (χ2n) is 7.94. The van der Waals surface area contributed by atoms with Gasteiger partial charge in [0.1, 0.15) is 42.2 Å². The van der Waals surface area contributed by atoms with Gasteiger partial charge in [-0.3, -0.25) is 9.59 Å². The lowest BCUT2D eigenvalue weighted by Crippen LogP contribution is -2.44. The van der Waals surface area contributed by atoms with E-state index in [2.05, 4.69) is 15.3 Å². The van der Waals surface area contributed by atoms with Crippen molar-refractivity contribution in [1.82, 2.24) is 14.5 Å². The highest BCUT2D eigenvalue weighted by Gasteiger charge is 2.54. The van der Waals surface area contributed by atoms with Gasteiger partial charge in [0, 0.05) is 23.5 Å². The fourth-order valence-electron chi connectivity index (χ4n) is 3.66. The van der Waals surface area contributed by atoms with Gasteiger partial charge in [-0.25, -0.2) is 9.97 Å². The number of aromatic nitrogens is 3. The fourth-order valence-corrected chi connectivity index (χ4v) is 3.66. The number of amides is 1. The standard InChI is InChI=1S/C19H23N5O6/c1-8(2)17(27)29-6-11-14(26)19(3,28)18(30-11)24-5-9-10(20)4-12(25)23-15-13(9)16(24)22-7-21-15/h4-5,7-8,11,14,18,26,28H,6,20H2,1-3H3,(H,21,22,23,25)/t11-,14-,18-,19?/m1/s1. The average molecular weight is 417 g/mol. The van der Waals surface area contributed by atoms with Crippen molar-refractivity contribution >= 4 is 34.4 Å². The average Bonchev–Trinajstić information content (AvgIpc) is 3.12. The molecular weight excluding hydrogens is 394 g/mol. The third kappa shape index (κ3) is 3.11. The van der Waals surface area contributed by atoms with Gasteiger partial charge in [0.25, 0.3) is 5.91 Å². The molecule has 2 aliphatic rings. The lowest BCUT2D eigenvalue weighted by Gasteiger charge is -2.27. The highest BCUT2D eigenvalue weighted by atomic mass is 16.6. The van der Waals surface area contributed by atoms with Crippen LogP contribution in [-0.2, 0) is 19.1 Å². The van der Waals surface area contributed by atoms with Crippen LogP contribution in [0.4, 0.5) is 5.82 Å². The quantitative estimate of drug-likeness (QED) is 0.497. The number of hydrogen-bond acceptors (Lipinski definition) is 9. The first kappa shape index (κ1) is 20.3. The lowest BCUT2D eigenvalue weighted by atomic mass is 9.96. The number of ether oxygens (including phenoxy) is 2. The van der Waals surface area contributed by atoms with E-state index in [1.165, 1.54) is 23.9 Å². The molecule has 2 aromatic rings. The smallest absolute Gasteiger partial charge is 0.308 e. The Bertz CT molecular complexity index is 1060. The normalized spacial score (nSPS) is 28.4. The number of nitrogens with one attached hydrogen (secondary N) is 1. The minimum absolute atomic E-state index is 0.199. The predicted molar refractivity (Wildman–Crippen MR) is 105 cm³/mol. The van der Waals surface area contributed by atoms with Gasteiger partial charge in [-0.15, -0.1) is 0 Å². The maximum absolute atomic E-state index is 11.9. The molecule has 0 bridgehead atoms. The number of carbonyl (C=O) groups excluding carboxylic acids is 2. The maximum atomic E-state index is 11.9. The van der Waals surface area contributed by atoms with E-state index in [1.54, 1.807) is 20.0 Å². The number of nitrogens with zero attached hydrogens (tertiary/aromatic N) is 3. The van der Waals surface area contributed by atoms with Gasteiger partial charge in [-0.05, 0) is 6.92 Å². The lowest BCUT2D eigenvalue weighted by molar-refractivity contribution is -0.153. The summed E-state index contributed by atoms with van der Waals surface area (Å²) in [4.78, 5) is 32.1. The molecule has 1 amide bonds. The zero-order valence-corrected chi connectivity index (χ0v) is 16.7. The minimum Gasteiger partial charge on any atom is -0.463 e. The Morgan fingerprint density at radius 3 is 2.90 bits per heavy atom. The van der Waals surface area contributed by atoms with Crippen LogP contribution >= 0.6 is 0 Å². The first-order valence-electron chi connectivity index (χ1n) is 9.47. The first-order chi connectivity index (χ1) is 14.1. The molecule has 0 radical (unpaired) electrons. The second-order valence-corrected chi connectivity index (χ2v) is 7.94. The Morgan fingerprint density at radius 2 is 2.20 bits per heavy atom. The van der Waals surface area contributed by atoms with Crippen LogP contribution in [0.2, 0.25) is 0 Å². The van der Waals surface area contributed by atoms with Gasteiger partial charge in [0.05, 0.1) is 11.3 Å². The molecule has 0 aromatic carbocycles. The molecular formula is C19H23N5O6. The van der Waals surface area contributed by atoms with Gasteiger partial charge < -0.3 is 35.3 Å². The fraction of sp³-hybridized carbons (Fsp3) is 0.474. The summed E-state index contributed by atoms with van der Waals surface area (Å²) >= 11 is 0. The third-order valence-corrected chi connectivity index (χ3v) is 5.32. The Labute approximate surface area is 171 Å². The van der Waals surface area contributed by atoms with Crippen LogP contribution in [-0.4, -0.2) is 61.0 Å². The molecule has 0 spiro atoms. The molecule has 1 unspecified atom stereocenters. The molecule has 11 heteroatoms. The van der Waals surface area contributed by atoms with Crippen molar-refractivity contribution in [3.05, 3.63) is 24.2 Å². The Kier molecular flexibility index (Phi) is 4.76. The van der Waals surface area contributed by atoms with Crippen LogP contribution < -0.4 is 11.1 Å². The number of carbonyl (C=O) groups is 2. The molecule has 5 N–H and O–H groups in total. The molecule has 1 saturated heterocycles. The molecule has 1 fully saturated rings. The number of aliphatic hydroxyl groups excluding tert-OH is 1. The summed E-state index contributed by atoms with van der Waals surface area (Å²) in [6, 6.07) is 0. The van der Waals surface area contributed by atoms with Crippen LogP contribution in [0.15, 0.2) is 18.6 Å². The zero-order valence-electron chi connectivity index (χ0n) is 16.7. The summed E-state index contributed by atoms with van der Waals surface area (Å²) in [5, 5.41) is 24.8. The van der Waals surface area contributed by atoms with E-state index in [0.717, 1.165) is 0 Å². The number of esters is 1. The summed E-state index contributed by atoms with van der Waals surface area (Å²) in [6.07, 6.45) is 0.750. The second kappa shape index (κ2) is 7.04. The van der Waals surface area contributed by atoms with Crippen molar-refractivity contribution in [3.63, 3.8) is 0 Å². The van der Waals surface area contributed by atoms with Crippen LogP contribution in [0.3, 0.4) is 0 Å². The van der Waals surface area contributed by atoms with Crippen molar-refractivity contribution in [2.24, 2.45) is 11.7 Å².